The first-order valence-electron chi connectivity index (χ1n) is 29.9. The van der Waals surface area contributed by atoms with Gasteiger partial charge in [0.25, 0.3) is 28.0 Å². The number of aliphatic carboxylic acids is 1. The third-order valence-corrected chi connectivity index (χ3v) is 15.6. The monoisotopic (exact) mass is 1490 g/mol. The summed E-state index contributed by atoms with van der Waals surface area (Å²) in [7, 11) is 3.43. The third-order valence-electron chi connectivity index (χ3n) is 15.6. The van der Waals surface area contributed by atoms with E-state index in [4.69, 9.17) is 48.5 Å². The SMILES string of the molecule is CO[C@](C(=O)O)(c1ccccc1)C(F)(F)F.CO[C@](C(=O)OC[C@@H]1OCC=C[C@H]1OC(=O)[C@@](OC)(c1ccccc1)C(F)(F)F)(c1ccccc1)C(F)(F)F.CO[C@](C(=O)OC[C@H]1OCC=C[C@@H]1OC(=O)[C@@](OC)(c1ccccc1)C(F)(F)F)(c1ccccc1)C(F)(F)F.OC[C@@H]1OCC=C[C@H]1O. The number of carboxylic acid groups (broad SMARTS) is 1. The first-order chi connectivity index (χ1) is 48.4. The number of esters is 4. The predicted molar refractivity (Wildman–Crippen MR) is 325 cm³/mol. The Morgan fingerprint density at radius 3 is 0.816 bits per heavy atom. The second-order valence-electron chi connectivity index (χ2n) is 21.6. The van der Waals surface area contributed by atoms with E-state index in [1.54, 1.807) is 12.2 Å². The lowest BCUT2D eigenvalue weighted by Gasteiger charge is -2.36. The summed E-state index contributed by atoms with van der Waals surface area (Å²) in [6.07, 6.45) is -24.8. The van der Waals surface area contributed by atoms with E-state index in [2.05, 4.69) is 23.7 Å². The van der Waals surface area contributed by atoms with Gasteiger partial charge in [0, 0.05) is 63.4 Å². The zero-order valence-electron chi connectivity index (χ0n) is 54.6. The molecule has 0 aliphatic carbocycles. The van der Waals surface area contributed by atoms with Gasteiger partial charge in [-0.25, -0.2) is 24.0 Å². The van der Waals surface area contributed by atoms with Crippen molar-refractivity contribution in [2.45, 2.75) is 95.5 Å². The molecule has 5 aromatic carbocycles. The highest BCUT2D eigenvalue weighted by atomic mass is 19.4. The van der Waals surface area contributed by atoms with Crippen molar-refractivity contribution in [1.29, 1.82) is 0 Å². The molecule has 3 heterocycles. The number of benzene rings is 5. The summed E-state index contributed by atoms with van der Waals surface area (Å²) in [6, 6.07) is 30.3. The molecule has 5 aromatic rings. The Morgan fingerprint density at radius 1 is 0.369 bits per heavy atom. The van der Waals surface area contributed by atoms with Crippen molar-refractivity contribution < 1.29 is 162 Å². The lowest BCUT2D eigenvalue weighted by Crippen LogP contribution is -2.54. The van der Waals surface area contributed by atoms with E-state index in [1.165, 1.54) is 115 Å². The maximum absolute atomic E-state index is 14.2. The summed E-state index contributed by atoms with van der Waals surface area (Å²) in [4.78, 5) is 62.5. The highest BCUT2D eigenvalue weighted by Gasteiger charge is 2.68. The Hall–Kier alpha value is -8.78. The van der Waals surface area contributed by atoms with Gasteiger partial charge in [-0.3, -0.25) is 0 Å². The van der Waals surface area contributed by atoms with E-state index in [0.717, 1.165) is 60.7 Å². The number of rotatable bonds is 22. The van der Waals surface area contributed by atoms with Crippen LogP contribution >= 0.6 is 0 Å². The first-order valence-corrected chi connectivity index (χ1v) is 29.9. The fourth-order valence-corrected chi connectivity index (χ4v) is 10.3. The summed E-state index contributed by atoms with van der Waals surface area (Å²) in [6.45, 7) is -1.74. The molecule has 0 aromatic heterocycles. The van der Waals surface area contributed by atoms with Crippen LogP contribution in [0.1, 0.15) is 27.8 Å². The highest BCUT2D eigenvalue weighted by Crippen LogP contribution is 2.48. The molecule has 0 saturated carbocycles. The maximum Gasteiger partial charge on any atom is 0.432 e. The molecule has 0 spiro atoms. The van der Waals surface area contributed by atoms with Crippen LogP contribution in [-0.2, 0) is 109 Å². The van der Waals surface area contributed by atoms with Gasteiger partial charge in [0.2, 0.25) is 0 Å². The van der Waals surface area contributed by atoms with Gasteiger partial charge >= 0.3 is 60.7 Å². The fourth-order valence-electron chi connectivity index (χ4n) is 10.3. The number of carbonyl (C=O) groups is 5. The van der Waals surface area contributed by atoms with E-state index < -0.39 is 166 Å². The minimum absolute atomic E-state index is 0.120. The van der Waals surface area contributed by atoms with Gasteiger partial charge < -0.3 is 72.2 Å². The Morgan fingerprint density at radius 2 is 0.602 bits per heavy atom. The van der Waals surface area contributed by atoms with Crippen LogP contribution in [0.4, 0.5) is 65.9 Å². The number of ether oxygens (including phenoxy) is 12. The van der Waals surface area contributed by atoms with Gasteiger partial charge in [-0.15, -0.1) is 0 Å². The van der Waals surface area contributed by atoms with Crippen molar-refractivity contribution >= 4 is 29.8 Å². The molecule has 0 fully saturated rings. The van der Waals surface area contributed by atoms with Crippen molar-refractivity contribution in [3.63, 3.8) is 0 Å². The minimum atomic E-state index is -5.26. The molecule has 564 valence electrons. The summed E-state index contributed by atoms with van der Waals surface area (Å²) in [5.74, 6) is -9.50. The molecule has 35 heteroatoms. The van der Waals surface area contributed by atoms with Crippen molar-refractivity contribution in [3.8, 4) is 0 Å². The van der Waals surface area contributed by atoms with Crippen LogP contribution in [0.2, 0.25) is 0 Å². The maximum atomic E-state index is 14.2. The minimum Gasteiger partial charge on any atom is -0.479 e. The Balaban J connectivity index is 0.000000278. The molecule has 8 rings (SSSR count). The largest absolute Gasteiger partial charge is 0.479 e. The molecule has 0 bridgehead atoms. The number of hydrogen-bond acceptors (Lipinski definition) is 19. The van der Waals surface area contributed by atoms with E-state index in [-0.39, 0.29) is 19.8 Å². The number of methoxy groups -OCH3 is 5. The van der Waals surface area contributed by atoms with Gasteiger partial charge in [0.15, 0.2) is 0 Å². The second kappa shape index (κ2) is 36.1. The molecule has 0 unspecified atom stereocenters. The standard InChI is InChI=1S/2C26H24F6O7.C10H9F3O3.C6H10O3/c2*1-35-23(25(27,28)29,17-10-5-3-6-11-17)21(33)38-16-20-19(14-9-15-37-20)39-22(34)24(36-2,26(30,31)32)18-12-7-4-8-13-18;1-16-9(8(14)15,10(11,12)13)7-5-3-2-4-6-7;7-4-6-5(8)2-1-3-9-6/h2*3-14,19-20H,15-16H2,1-2H3;2-6H,1H3,(H,14,15);1-2,5-8H,3-4H2/t19-,20+,23+,24+;19-,20+,23-,24-;9-;5-,6+/m1001/s1. The number of aliphatic hydroxyl groups is 2. The number of carbonyl (C=O) groups excluding carboxylic acids is 4. The molecule has 3 aliphatic heterocycles. The van der Waals surface area contributed by atoms with E-state index in [1.807, 2.05) is 0 Å². The van der Waals surface area contributed by atoms with Gasteiger partial charge in [0.05, 0.1) is 26.4 Å². The molecule has 3 aliphatic rings. The average Bonchev–Trinajstić information content (AvgIpc) is 0.785. The fraction of sp³-hybridized carbons (Fsp3) is 0.397. The van der Waals surface area contributed by atoms with Gasteiger partial charge in [-0.1, -0.05) is 176 Å². The predicted octanol–water partition coefficient (Wildman–Crippen LogP) is 10.7. The smallest absolute Gasteiger partial charge is 0.432 e. The Bertz CT molecular complexity index is 3420. The van der Waals surface area contributed by atoms with Crippen molar-refractivity contribution in [3.05, 3.63) is 216 Å². The topological polar surface area (TPSA) is 257 Å². The summed E-state index contributed by atoms with van der Waals surface area (Å²) in [5.41, 5.74) is -20.1. The van der Waals surface area contributed by atoms with Crippen LogP contribution < -0.4 is 0 Å². The molecule has 3 N–H and O–H groups in total. The van der Waals surface area contributed by atoms with Crippen LogP contribution in [0.15, 0.2) is 188 Å². The normalized spacial score (nSPS) is 21.3. The number of alkyl halides is 15. The number of hydrogen-bond donors (Lipinski definition) is 3. The lowest BCUT2D eigenvalue weighted by atomic mass is 9.92. The van der Waals surface area contributed by atoms with Crippen molar-refractivity contribution in [1.82, 2.24) is 0 Å². The van der Waals surface area contributed by atoms with Crippen molar-refractivity contribution in [2.24, 2.45) is 0 Å². The summed E-state index contributed by atoms with van der Waals surface area (Å²) >= 11 is 0. The van der Waals surface area contributed by atoms with Crippen LogP contribution in [-0.4, -0.2) is 188 Å². The van der Waals surface area contributed by atoms with Crippen LogP contribution in [0, 0.1) is 0 Å². The van der Waals surface area contributed by atoms with Gasteiger partial charge in [-0.2, -0.15) is 65.9 Å². The number of halogens is 15. The number of carboxylic acids is 1. The van der Waals surface area contributed by atoms with E-state index >= 15 is 0 Å². The lowest BCUT2D eigenvalue weighted by molar-refractivity contribution is -0.281. The van der Waals surface area contributed by atoms with Gasteiger partial charge in [0.1, 0.15) is 49.8 Å². The molecular weight excluding hydrogens is 1420 g/mol. The Labute approximate surface area is 576 Å². The molecule has 103 heavy (non-hydrogen) atoms. The van der Waals surface area contributed by atoms with Crippen molar-refractivity contribution in [2.75, 3.05) is 75.2 Å². The van der Waals surface area contributed by atoms with Crippen LogP contribution in [0.3, 0.4) is 0 Å². The zero-order chi connectivity index (χ0) is 76.9. The molecule has 11 atom stereocenters. The van der Waals surface area contributed by atoms with Crippen LogP contribution in [0.25, 0.3) is 0 Å². The molecule has 0 radical (unpaired) electrons. The quantitative estimate of drug-likeness (QED) is 0.0252. The summed E-state index contributed by atoms with van der Waals surface area (Å²) < 4.78 is 267. The average molecular weight is 1490 g/mol. The van der Waals surface area contributed by atoms with Gasteiger partial charge in [-0.05, 0) is 12.2 Å². The van der Waals surface area contributed by atoms with E-state index in [9.17, 15) is 89.8 Å². The molecule has 0 saturated heterocycles. The highest BCUT2D eigenvalue weighted by molar-refractivity contribution is 5.85. The second-order valence-corrected chi connectivity index (χ2v) is 21.6. The third kappa shape index (κ3) is 18.6. The molecule has 0 amide bonds. The van der Waals surface area contributed by atoms with E-state index in [0.29, 0.717) is 42.2 Å². The number of aliphatic hydroxyl groups excluding tert-OH is 2. The van der Waals surface area contributed by atoms with Crippen LogP contribution in [0.5, 0.6) is 0 Å². The Kier molecular flexibility index (Phi) is 29.7. The molecule has 20 nitrogen and oxygen atoms in total. The first kappa shape index (κ1) is 84.9. The molecular formula is C68H67F15O20. The summed E-state index contributed by atoms with van der Waals surface area (Å²) in [5, 5.41) is 26.3. The zero-order valence-corrected chi connectivity index (χ0v) is 54.6.